The van der Waals surface area contributed by atoms with Gasteiger partial charge in [0.1, 0.15) is 5.02 Å². The number of benzene rings is 1. The third-order valence-corrected chi connectivity index (χ3v) is 3.07. The topological polar surface area (TPSA) is 92.5 Å². The number of rotatable bonds is 6. The van der Waals surface area contributed by atoms with Crippen LogP contribution in [0.1, 0.15) is 25.3 Å². The molecular weight excluding hydrogens is 272 g/mol. The molecule has 1 rings (SSSR count). The summed E-state index contributed by atoms with van der Waals surface area (Å²) in [6, 6.07) is 2.59. The molecule has 0 spiro atoms. The number of carboxylic acids is 1. The normalized spacial score (nSPS) is 11.9. The van der Waals surface area contributed by atoms with Crippen LogP contribution >= 0.6 is 11.6 Å². The lowest BCUT2D eigenvalue weighted by molar-refractivity contribution is -0.384. The first-order chi connectivity index (χ1) is 8.85. The van der Waals surface area contributed by atoms with Crippen LogP contribution in [0.2, 0.25) is 5.02 Å². The van der Waals surface area contributed by atoms with Crippen molar-refractivity contribution in [1.29, 1.82) is 0 Å². The first-order valence-electron chi connectivity index (χ1n) is 5.78. The molecule has 0 bridgehead atoms. The Bertz CT molecular complexity index is 505. The van der Waals surface area contributed by atoms with Crippen molar-refractivity contribution in [2.75, 3.05) is 5.32 Å². The molecule has 19 heavy (non-hydrogen) atoms. The standard InChI is InChI=1S/C12H15ClN2O4/c1-3-8(5-12(16)17)14-10-6-9(13)11(15(18)19)4-7(10)2/h4,6,8,14H,3,5H2,1-2H3,(H,16,17). The number of nitrogens with zero attached hydrogens (tertiary/aromatic N) is 1. The van der Waals surface area contributed by atoms with Crippen molar-refractivity contribution in [2.45, 2.75) is 32.7 Å². The Labute approximate surface area is 115 Å². The average Bonchev–Trinajstić information content (AvgIpc) is 2.31. The van der Waals surface area contributed by atoms with Gasteiger partial charge < -0.3 is 10.4 Å². The molecule has 0 aliphatic heterocycles. The van der Waals surface area contributed by atoms with E-state index in [-0.39, 0.29) is 23.2 Å². The maximum Gasteiger partial charge on any atom is 0.305 e. The molecule has 0 aliphatic rings. The molecule has 2 N–H and O–H groups in total. The number of carboxylic acid groups (broad SMARTS) is 1. The summed E-state index contributed by atoms with van der Waals surface area (Å²) in [5.74, 6) is -0.898. The Morgan fingerprint density at radius 2 is 2.21 bits per heavy atom. The second-order valence-corrected chi connectivity index (χ2v) is 4.63. The highest BCUT2D eigenvalue weighted by Crippen LogP contribution is 2.31. The molecule has 0 aromatic heterocycles. The van der Waals surface area contributed by atoms with E-state index in [0.29, 0.717) is 17.7 Å². The third-order valence-electron chi connectivity index (χ3n) is 2.76. The van der Waals surface area contributed by atoms with Gasteiger partial charge in [-0.1, -0.05) is 18.5 Å². The molecule has 0 radical (unpaired) electrons. The number of aliphatic carboxylic acids is 1. The van der Waals surface area contributed by atoms with Crippen molar-refractivity contribution in [3.8, 4) is 0 Å². The zero-order valence-corrected chi connectivity index (χ0v) is 11.4. The molecule has 1 atom stereocenters. The van der Waals surface area contributed by atoms with Crippen LogP contribution in [0.5, 0.6) is 0 Å². The van der Waals surface area contributed by atoms with E-state index in [1.807, 2.05) is 6.92 Å². The van der Waals surface area contributed by atoms with Gasteiger partial charge in [0.05, 0.1) is 11.3 Å². The van der Waals surface area contributed by atoms with E-state index in [0.717, 1.165) is 0 Å². The zero-order chi connectivity index (χ0) is 14.6. The predicted molar refractivity (Wildman–Crippen MR) is 72.8 cm³/mol. The fourth-order valence-electron chi connectivity index (χ4n) is 1.69. The largest absolute Gasteiger partial charge is 0.481 e. The monoisotopic (exact) mass is 286 g/mol. The van der Waals surface area contributed by atoms with Gasteiger partial charge in [-0.25, -0.2) is 0 Å². The van der Waals surface area contributed by atoms with Gasteiger partial charge in [0.25, 0.3) is 5.69 Å². The minimum atomic E-state index is -0.898. The van der Waals surface area contributed by atoms with Crippen molar-refractivity contribution in [3.05, 3.63) is 32.8 Å². The molecule has 0 saturated carbocycles. The smallest absolute Gasteiger partial charge is 0.305 e. The predicted octanol–water partition coefficient (Wildman–Crippen LogP) is 3.22. The van der Waals surface area contributed by atoms with E-state index in [2.05, 4.69) is 5.32 Å². The molecule has 0 saturated heterocycles. The van der Waals surface area contributed by atoms with E-state index in [1.54, 1.807) is 6.92 Å². The number of carbonyl (C=O) groups is 1. The molecule has 104 valence electrons. The Hall–Kier alpha value is -1.82. The van der Waals surface area contributed by atoms with Gasteiger partial charge in [-0.15, -0.1) is 0 Å². The highest BCUT2D eigenvalue weighted by Gasteiger charge is 2.17. The second kappa shape index (κ2) is 6.38. The molecule has 0 amide bonds. The van der Waals surface area contributed by atoms with Gasteiger partial charge in [0.2, 0.25) is 0 Å². The summed E-state index contributed by atoms with van der Waals surface area (Å²) in [4.78, 5) is 20.9. The van der Waals surface area contributed by atoms with Crippen molar-refractivity contribution < 1.29 is 14.8 Å². The van der Waals surface area contributed by atoms with Crippen LogP contribution in [0.25, 0.3) is 0 Å². The van der Waals surface area contributed by atoms with Gasteiger partial charge in [0.15, 0.2) is 0 Å². The van der Waals surface area contributed by atoms with Crippen LogP contribution in [0, 0.1) is 17.0 Å². The van der Waals surface area contributed by atoms with Crippen LogP contribution in [-0.4, -0.2) is 22.0 Å². The van der Waals surface area contributed by atoms with Crippen LogP contribution in [-0.2, 0) is 4.79 Å². The minimum absolute atomic E-state index is 0.0233. The van der Waals surface area contributed by atoms with Crippen molar-refractivity contribution in [2.24, 2.45) is 0 Å². The maximum absolute atomic E-state index is 10.7. The van der Waals surface area contributed by atoms with E-state index >= 15 is 0 Å². The minimum Gasteiger partial charge on any atom is -0.481 e. The van der Waals surface area contributed by atoms with Crippen LogP contribution in [0.4, 0.5) is 11.4 Å². The molecule has 0 fully saturated rings. The summed E-state index contributed by atoms with van der Waals surface area (Å²) in [6.07, 6.45) is 0.602. The number of anilines is 1. The summed E-state index contributed by atoms with van der Waals surface area (Å²) >= 11 is 5.83. The summed E-state index contributed by atoms with van der Waals surface area (Å²) < 4.78 is 0. The molecule has 6 nitrogen and oxygen atoms in total. The van der Waals surface area contributed by atoms with E-state index < -0.39 is 10.9 Å². The molecule has 1 aromatic rings. The Kier molecular flexibility index (Phi) is 5.11. The highest BCUT2D eigenvalue weighted by molar-refractivity contribution is 6.33. The first kappa shape index (κ1) is 15.2. The summed E-state index contributed by atoms with van der Waals surface area (Å²) in [5, 5.41) is 22.6. The Morgan fingerprint density at radius 1 is 1.58 bits per heavy atom. The van der Waals surface area contributed by atoms with Gasteiger partial charge in [0, 0.05) is 17.8 Å². The summed E-state index contributed by atoms with van der Waals surface area (Å²) in [5.41, 5.74) is 1.11. The van der Waals surface area contributed by atoms with E-state index in [4.69, 9.17) is 16.7 Å². The Balaban J connectivity index is 2.98. The molecule has 1 aromatic carbocycles. The fraction of sp³-hybridized carbons (Fsp3) is 0.417. The van der Waals surface area contributed by atoms with Gasteiger partial charge in [-0.3, -0.25) is 14.9 Å². The molecule has 7 heteroatoms. The zero-order valence-electron chi connectivity index (χ0n) is 10.6. The SMILES string of the molecule is CCC(CC(=O)O)Nc1cc(Cl)c([N+](=O)[O-])cc1C. The molecule has 1 unspecified atom stereocenters. The van der Waals surface area contributed by atoms with Crippen LogP contribution < -0.4 is 5.32 Å². The number of nitro groups is 1. The van der Waals surface area contributed by atoms with Gasteiger partial charge in [-0.05, 0) is 25.0 Å². The lowest BCUT2D eigenvalue weighted by Gasteiger charge is -2.18. The summed E-state index contributed by atoms with van der Waals surface area (Å²) in [7, 11) is 0. The van der Waals surface area contributed by atoms with E-state index in [1.165, 1.54) is 12.1 Å². The number of nitro benzene ring substituents is 1. The number of halogens is 1. The van der Waals surface area contributed by atoms with E-state index in [9.17, 15) is 14.9 Å². The van der Waals surface area contributed by atoms with Crippen molar-refractivity contribution in [3.63, 3.8) is 0 Å². The molecule has 0 heterocycles. The quantitative estimate of drug-likeness (QED) is 0.619. The lowest BCUT2D eigenvalue weighted by Crippen LogP contribution is -2.22. The molecule has 0 aliphatic carbocycles. The van der Waals surface area contributed by atoms with Crippen LogP contribution in [0.15, 0.2) is 12.1 Å². The van der Waals surface area contributed by atoms with Crippen molar-refractivity contribution >= 4 is 28.9 Å². The fourth-order valence-corrected chi connectivity index (χ4v) is 1.92. The second-order valence-electron chi connectivity index (χ2n) is 4.22. The van der Waals surface area contributed by atoms with Gasteiger partial charge >= 0.3 is 5.97 Å². The average molecular weight is 287 g/mol. The van der Waals surface area contributed by atoms with Crippen molar-refractivity contribution in [1.82, 2.24) is 0 Å². The highest BCUT2D eigenvalue weighted by atomic mass is 35.5. The van der Waals surface area contributed by atoms with Gasteiger partial charge in [-0.2, -0.15) is 0 Å². The maximum atomic E-state index is 10.7. The Morgan fingerprint density at radius 3 is 2.68 bits per heavy atom. The number of nitrogens with one attached hydrogen (secondary N) is 1. The van der Waals surface area contributed by atoms with Crippen LogP contribution in [0.3, 0.4) is 0 Å². The summed E-state index contributed by atoms with van der Waals surface area (Å²) in [6.45, 7) is 3.57. The number of aryl methyl sites for hydroxylation is 1. The third kappa shape index (κ3) is 4.10. The number of hydrogen-bond donors (Lipinski definition) is 2. The number of hydrogen-bond acceptors (Lipinski definition) is 4. The first-order valence-corrected chi connectivity index (χ1v) is 6.15. The lowest BCUT2D eigenvalue weighted by atomic mass is 10.1. The molecular formula is C12H15ClN2O4.